The van der Waals surface area contributed by atoms with Gasteiger partial charge < -0.3 is 9.64 Å². The van der Waals surface area contributed by atoms with Crippen LogP contribution in [0.4, 0.5) is 0 Å². The third-order valence-electron chi connectivity index (χ3n) is 3.48. The van der Waals surface area contributed by atoms with Crippen LogP contribution >= 0.6 is 11.6 Å². The fourth-order valence-electron chi connectivity index (χ4n) is 2.39. The van der Waals surface area contributed by atoms with Gasteiger partial charge in [0.1, 0.15) is 10.9 Å². The summed E-state index contributed by atoms with van der Waals surface area (Å²) >= 11 is 5.84. The molecule has 4 nitrogen and oxygen atoms in total. The van der Waals surface area contributed by atoms with Gasteiger partial charge in [-0.05, 0) is 18.9 Å². The molecule has 1 saturated carbocycles. The smallest absolute Gasteiger partial charge is 0.257 e. The summed E-state index contributed by atoms with van der Waals surface area (Å²) in [6.45, 7) is 0. The summed E-state index contributed by atoms with van der Waals surface area (Å²) in [4.78, 5) is 18.1. The minimum Gasteiger partial charge on any atom is -0.494 e. The van der Waals surface area contributed by atoms with Crippen LogP contribution in [0.1, 0.15) is 36.0 Å². The molecule has 1 aromatic heterocycles. The van der Waals surface area contributed by atoms with E-state index in [1.807, 2.05) is 7.05 Å². The number of hydrogen-bond acceptors (Lipinski definition) is 3. The number of methoxy groups -OCH3 is 1. The van der Waals surface area contributed by atoms with Gasteiger partial charge in [0.15, 0.2) is 0 Å². The fourth-order valence-corrected chi connectivity index (χ4v) is 2.55. The van der Waals surface area contributed by atoms with Crippen molar-refractivity contribution in [2.75, 3.05) is 14.2 Å². The van der Waals surface area contributed by atoms with Gasteiger partial charge in [0.25, 0.3) is 5.91 Å². The molecule has 0 atom stereocenters. The second-order valence-corrected chi connectivity index (χ2v) is 4.95. The Bertz CT molecular complexity index is 445. The van der Waals surface area contributed by atoms with Gasteiger partial charge in [0, 0.05) is 13.1 Å². The molecule has 18 heavy (non-hydrogen) atoms. The van der Waals surface area contributed by atoms with Gasteiger partial charge in [0.05, 0.1) is 18.9 Å². The predicted molar refractivity (Wildman–Crippen MR) is 70.1 cm³/mol. The normalized spacial score (nSPS) is 15.7. The molecule has 1 heterocycles. The molecule has 0 aliphatic heterocycles. The van der Waals surface area contributed by atoms with Crippen LogP contribution in [0.15, 0.2) is 12.3 Å². The van der Waals surface area contributed by atoms with Crippen LogP contribution in [0.3, 0.4) is 0 Å². The lowest BCUT2D eigenvalue weighted by Crippen LogP contribution is -2.35. The van der Waals surface area contributed by atoms with Crippen molar-refractivity contribution in [3.05, 3.63) is 23.0 Å². The van der Waals surface area contributed by atoms with E-state index >= 15 is 0 Å². The molecule has 0 unspecified atom stereocenters. The zero-order chi connectivity index (χ0) is 13.1. The molecular weight excluding hydrogens is 252 g/mol. The van der Waals surface area contributed by atoms with Gasteiger partial charge in [-0.1, -0.05) is 24.4 Å². The molecule has 0 spiro atoms. The second kappa shape index (κ2) is 5.57. The number of amides is 1. The highest BCUT2D eigenvalue weighted by molar-refractivity contribution is 6.29. The Morgan fingerprint density at radius 1 is 1.50 bits per heavy atom. The Balaban J connectivity index is 2.24. The zero-order valence-corrected chi connectivity index (χ0v) is 11.4. The number of hydrogen-bond donors (Lipinski definition) is 0. The van der Waals surface area contributed by atoms with Crippen LogP contribution in [0.5, 0.6) is 5.75 Å². The Labute approximate surface area is 112 Å². The van der Waals surface area contributed by atoms with Crippen molar-refractivity contribution in [1.82, 2.24) is 9.88 Å². The van der Waals surface area contributed by atoms with Crippen LogP contribution in [-0.2, 0) is 0 Å². The highest BCUT2D eigenvalue weighted by atomic mass is 35.5. The van der Waals surface area contributed by atoms with Gasteiger partial charge in [-0.15, -0.1) is 0 Å². The third kappa shape index (κ3) is 2.58. The Hall–Kier alpha value is -1.29. The van der Waals surface area contributed by atoms with Gasteiger partial charge in [-0.25, -0.2) is 4.98 Å². The number of aromatic nitrogens is 1. The van der Waals surface area contributed by atoms with Gasteiger partial charge in [-0.2, -0.15) is 0 Å². The molecule has 2 rings (SSSR count). The van der Waals surface area contributed by atoms with Crippen molar-refractivity contribution in [2.24, 2.45) is 0 Å². The molecule has 1 aliphatic rings. The number of carbonyl (C=O) groups is 1. The summed E-state index contributed by atoms with van der Waals surface area (Å²) < 4.78 is 5.17. The van der Waals surface area contributed by atoms with E-state index in [-0.39, 0.29) is 5.91 Å². The predicted octanol–water partition coefficient (Wildman–Crippen LogP) is 2.76. The Kier molecular flexibility index (Phi) is 4.07. The van der Waals surface area contributed by atoms with E-state index in [9.17, 15) is 4.79 Å². The first kappa shape index (κ1) is 13.1. The monoisotopic (exact) mass is 268 g/mol. The van der Waals surface area contributed by atoms with E-state index in [0.29, 0.717) is 22.5 Å². The molecule has 1 fully saturated rings. The van der Waals surface area contributed by atoms with Crippen molar-refractivity contribution in [3.63, 3.8) is 0 Å². The first-order valence-corrected chi connectivity index (χ1v) is 6.48. The molecule has 0 bridgehead atoms. The lowest BCUT2D eigenvalue weighted by atomic mass is 10.1. The van der Waals surface area contributed by atoms with Gasteiger partial charge >= 0.3 is 0 Å². The molecule has 0 aromatic carbocycles. The zero-order valence-electron chi connectivity index (χ0n) is 10.6. The summed E-state index contributed by atoms with van der Waals surface area (Å²) in [5.41, 5.74) is 0.479. The quantitative estimate of drug-likeness (QED) is 0.792. The van der Waals surface area contributed by atoms with Crippen molar-refractivity contribution >= 4 is 17.5 Å². The van der Waals surface area contributed by atoms with Gasteiger partial charge in [-0.3, -0.25) is 4.79 Å². The van der Waals surface area contributed by atoms with E-state index in [1.54, 1.807) is 11.0 Å². The lowest BCUT2D eigenvalue weighted by molar-refractivity contribution is 0.0731. The SMILES string of the molecule is COc1cnc(Cl)cc1C(=O)N(C)C1CCCC1. The number of halogens is 1. The van der Waals surface area contributed by atoms with Crippen LogP contribution in [0.25, 0.3) is 0 Å². The topological polar surface area (TPSA) is 42.4 Å². The van der Waals surface area contributed by atoms with E-state index in [4.69, 9.17) is 16.3 Å². The summed E-state index contributed by atoms with van der Waals surface area (Å²) in [6.07, 6.45) is 6.01. The second-order valence-electron chi connectivity index (χ2n) is 4.56. The maximum absolute atomic E-state index is 12.4. The molecule has 0 radical (unpaired) electrons. The first-order valence-electron chi connectivity index (χ1n) is 6.10. The summed E-state index contributed by atoms with van der Waals surface area (Å²) in [7, 11) is 3.36. The van der Waals surface area contributed by atoms with Crippen LogP contribution < -0.4 is 4.74 Å². The van der Waals surface area contributed by atoms with Crippen molar-refractivity contribution in [1.29, 1.82) is 0 Å². The van der Waals surface area contributed by atoms with E-state index in [0.717, 1.165) is 12.8 Å². The van der Waals surface area contributed by atoms with Crippen LogP contribution in [-0.4, -0.2) is 36.0 Å². The highest BCUT2D eigenvalue weighted by Crippen LogP contribution is 2.27. The molecule has 98 valence electrons. The largest absolute Gasteiger partial charge is 0.494 e. The van der Waals surface area contributed by atoms with Gasteiger partial charge in [0.2, 0.25) is 0 Å². The third-order valence-corrected chi connectivity index (χ3v) is 3.68. The fraction of sp³-hybridized carbons (Fsp3) is 0.538. The maximum atomic E-state index is 12.4. The van der Waals surface area contributed by atoms with Crippen LogP contribution in [0.2, 0.25) is 5.15 Å². The minimum absolute atomic E-state index is 0.0527. The minimum atomic E-state index is -0.0527. The van der Waals surface area contributed by atoms with E-state index < -0.39 is 0 Å². The number of rotatable bonds is 3. The number of carbonyl (C=O) groups excluding carboxylic acids is 1. The molecule has 0 N–H and O–H groups in total. The summed E-state index contributed by atoms with van der Waals surface area (Å²) in [5, 5.41) is 0.305. The Morgan fingerprint density at radius 3 is 2.78 bits per heavy atom. The average Bonchev–Trinajstić information content (AvgIpc) is 2.90. The first-order chi connectivity index (χ1) is 8.63. The molecule has 1 amide bonds. The highest BCUT2D eigenvalue weighted by Gasteiger charge is 2.26. The van der Waals surface area contributed by atoms with Crippen molar-refractivity contribution in [2.45, 2.75) is 31.7 Å². The lowest BCUT2D eigenvalue weighted by Gasteiger charge is -2.25. The number of nitrogens with zero attached hydrogens (tertiary/aromatic N) is 2. The average molecular weight is 269 g/mol. The van der Waals surface area contributed by atoms with E-state index in [1.165, 1.54) is 26.1 Å². The summed E-state index contributed by atoms with van der Waals surface area (Å²) in [6, 6.07) is 1.89. The maximum Gasteiger partial charge on any atom is 0.257 e. The number of ether oxygens (including phenoxy) is 1. The Morgan fingerprint density at radius 2 is 2.17 bits per heavy atom. The van der Waals surface area contributed by atoms with Crippen LogP contribution in [0, 0.1) is 0 Å². The molecule has 1 aromatic rings. The number of pyridine rings is 1. The van der Waals surface area contributed by atoms with Crippen molar-refractivity contribution < 1.29 is 9.53 Å². The van der Waals surface area contributed by atoms with E-state index in [2.05, 4.69) is 4.98 Å². The molecule has 0 saturated heterocycles. The summed E-state index contributed by atoms with van der Waals surface area (Å²) in [5.74, 6) is 0.414. The molecule has 5 heteroatoms. The standard InChI is InChI=1S/C13H17ClN2O2/c1-16(9-5-3-4-6-9)13(17)10-7-12(14)15-8-11(10)18-2/h7-9H,3-6H2,1-2H3. The molecule has 1 aliphatic carbocycles. The van der Waals surface area contributed by atoms with Crippen molar-refractivity contribution in [3.8, 4) is 5.75 Å². The molecular formula is C13H17ClN2O2.